The van der Waals surface area contributed by atoms with E-state index >= 15 is 0 Å². The molecule has 0 bridgehead atoms. The SMILES string of the molecule is Cl.O=C(CSc1ccc(Cl)cc1)Nc1cccc(-c2nc3ccccc3[nH]2)c1. The molecule has 0 atom stereocenters. The van der Waals surface area contributed by atoms with Gasteiger partial charge < -0.3 is 10.3 Å². The van der Waals surface area contributed by atoms with Gasteiger partial charge >= 0.3 is 0 Å². The summed E-state index contributed by atoms with van der Waals surface area (Å²) in [6, 6.07) is 23.0. The Morgan fingerprint density at radius 2 is 1.82 bits per heavy atom. The lowest BCUT2D eigenvalue weighted by atomic mass is 10.2. The fourth-order valence-corrected chi connectivity index (χ4v) is 3.53. The molecular formula is C21H17Cl2N3OS. The molecule has 0 radical (unpaired) electrons. The quantitative estimate of drug-likeness (QED) is 0.380. The highest BCUT2D eigenvalue weighted by atomic mass is 35.5. The number of hydrogen-bond donors (Lipinski definition) is 2. The topological polar surface area (TPSA) is 57.8 Å². The first-order chi connectivity index (χ1) is 13.2. The van der Waals surface area contributed by atoms with Gasteiger partial charge in [0, 0.05) is 21.2 Å². The summed E-state index contributed by atoms with van der Waals surface area (Å²) in [5.74, 6) is 1.05. The summed E-state index contributed by atoms with van der Waals surface area (Å²) in [5.41, 5.74) is 3.58. The number of rotatable bonds is 5. The standard InChI is InChI=1S/C21H16ClN3OS.ClH/c22-15-8-10-17(11-9-15)27-13-20(26)23-16-5-3-4-14(12-16)21-24-18-6-1-2-7-19(18)25-21;/h1-12H,13H2,(H,23,26)(H,24,25);1H. The van der Waals surface area contributed by atoms with Crippen molar-refractivity contribution in [3.05, 3.63) is 77.8 Å². The molecule has 0 fully saturated rings. The van der Waals surface area contributed by atoms with Crippen molar-refractivity contribution < 1.29 is 4.79 Å². The zero-order chi connectivity index (χ0) is 18.6. The van der Waals surface area contributed by atoms with E-state index in [0.29, 0.717) is 10.8 Å². The van der Waals surface area contributed by atoms with Crippen LogP contribution in [0.15, 0.2) is 77.7 Å². The number of anilines is 1. The van der Waals surface area contributed by atoms with Crippen molar-refractivity contribution in [1.29, 1.82) is 0 Å². The van der Waals surface area contributed by atoms with Crippen molar-refractivity contribution in [2.24, 2.45) is 0 Å². The van der Waals surface area contributed by atoms with Gasteiger partial charge in [-0.1, -0.05) is 35.9 Å². The molecule has 0 saturated carbocycles. The van der Waals surface area contributed by atoms with Crippen LogP contribution in [0, 0.1) is 0 Å². The first kappa shape index (κ1) is 20.3. The van der Waals surface area contributed by atoms with Crippen LogP contribution in [-0.4, -0.2) is 21.6 Å². The molecule has 0 unspecified atom stereocenters. The van der Waals surface area contributed by atoms with Crippen LogP contribution in [0.4, 0.5) is 5.69 Å². The molecule has 7 heteroatoms. The number of benzene rings is 3. The van der Waals surface area contributed by atoms with Crippen LogP contribution < -0.4 is 5.32 Å². The first-order valence-corrected chi connectivity index (χ1v) is 9.77. The van der Waals surface area contributed by atoms with E-state index in [0.717, 1.165) is 33.0 Å². The van der Waals surface area contributed by atoms with Crippen molar-refractivity contribution in [1.82, 2.24) is 9.97 Å². The van der Waals surface area contributed by atoms with Crippen LogP contribution >= 0.6 is 35.8 Å². The molecule has 0 saturated heterocycles. The molecule has 4 aromatic rings. The molecule has 0 aliphatic rings. The number of aromatic nitrogens is 2. The molecule has 2 N–H and O–H groups in total. The number of para-hydroxylation sites is 2. The van der Waals surface area contributed by atoms with Gasteiger partial charge in [0.15, 0.2) is 0 Å². The van der Waals surface area contributed by atoms with Crippen LogP contribution in [-0.2, 0) is 4.79 Å². The summed E-state index contributed by atoms with van der Waals surface area (Å²) in [7, 11) is 0. The Morgan fingerprint density at radius 1 is 1.04 bits per heavy atom. The number of aromatic amines is 1. The lowest BCUT2D eigenvalue weighted by molar-refractivity contribution is -0.113. The molecule has 1 heterocycles. The maximum Gasteiger partial charge on any atom is 0.234 e. The highest BCUT2D eigenvalue weighted by Gasteiger charge is 2.08. The van der Waals surface area contributed by atoms with Crippen molar-refractivity contribution in [3.63, 3.8) is 0 Å². The van der Waals surface area contributed by atoms with E-state index in [1.807, 2.05) is 72.8 Å². The minimum atomic E-state index is -0.0586. The van der Waals surface area contributed by atoms with Gasteiger partial charge in [-0.05, 0) is 48.5 Å². The molecular weight excluding hydrogens is 413 g/mol. The highest BCUT2D eigenvalue weighted by molar-refractivity contribution is 8.00. The molecule has 0 aliphatic heterocycles. The van der Waals surface area contributed by atoms with Crippen molar-refractivity contribution in [2.75, 3.05) is 11.1 Å². The van der Waals surface area contributed by atoms with Gasteiger partial charge in [-0.2, -0.15) is 0 Å². The van der Waals surface area contributed by atoms with Crippen molar-refractivity contribution >= 4 is 58.4 Å². The smallest absolute Gasteiger partial charge is 0.234 e. The second-order valence-corrected chi connectivity index (χ2v) is 7.46. The van der Waals surface area contributed by atoms with E-state index in [1.165, 1.54) is 11.8 Å². The second-order valence-electron chi connectivity index (χ2n) is 5.97. The lowest BCUT2D eigenvalue weighted by Gasteiger charge is -2.07. The van der Waals surface area contributed by atoms with Gasteiger partial charge in [0.25, 0.3) is 0 Å². The van der Waals surface area contributed by atoms with Gasteiger partial charge in [0.05, 0.1) is 16.8 Å². The number of hydrogen-bond acceptors (Lipinski definition) is 3. The van der Waals surface area contributed by atoms with Gasteiger partial charge in [-0.25, -0.2) is 4.98 Å². The number of halogens is 2. The second kappa shape index (κ2) is 9.15. The molecule has 0 spiro atoms. The number of nitrogens with zero attached hydrogens (tertiary/aromatic N) is 1. The molecule has 4 nitrogen and oxygen atoms in total. The van der Waals surface area contributed by atoms with Crippen LogP contribution in [0.5, 0.6) is 0 Å². The van der Waals surface area contributed by atoms with E-state index in [9.17, 15) is 4.79 Å². The molecule has 28 heavy (non-hydrogen) atoms. The maximum absolute atomic E-state index is 12.3. The number of amides is 1. The Balaban J connectivity index is 0.00000225. The largest absolute Gasteiger partial charge is 0.338 e. The van der Waals surface area contributed by atoms with Gasteiger partial charge in [-0.3, -0.25) is 4.79 Å². The number of imidazole rings is 1. The van der Waals surface area contributed by atoms with Crippen LogP contribution in [0.1, 0.15) is 0 Å². The summed E-state index contributed by atoms with van der Waals surface area (Å²) < 4.78 is 0. The molecule has 3 aromatic carbocycles. The Labute approximate surface area is 178 Å². The maximum atomic E-state index is 12.3. The molecule has 1 aromatic heterocycles. The van der Waals surface area contributed by atoms with E-state index in [2.05, 4.69) is 15.3 Å². The number of carbonyl (C=O) groups excluding carboxylic acids is 1. The predicted octanol–water partition coefficient (Wildman–Crippen LogP) is 6.04. The zero-order valence-electron chi connectivity index (χ0n) is 14.7. The normalized spacial score (nSPS) is 10.5. The number of thioether (sulfide) groups is 1. The van der Waals surface area contributed by atoms with Gasteiger partial charge in [0.1, 0.15) is 5.82 Å². The Hall–Kier alpha value is -2.47. The van der Waals surface area contributed by atoms with Crippen molar-refractivity contribution in [2.45, 2.75) is 4.90 Å². The average molecular weight is 430 g/mol. The van der Waals surface area contributed by atoms with E-state index in [4.69, 9.17) is 11.6 Å². The van der Waals surface area contributed by atoms with Crippen molar-refractivity contribution in [3.8, 4) is 11.4 Å². The van der Waals surface area contributed by atoms with Crippen LogP contribution in [0.3, 0.4) is 0 Å². The monoisotopic (exact) mass is 429 g/mol. The van der Waals surface area contributed by atoms with Crippen LogP contribution in [0.25, 0.3) is 22.4 Å². The number of fused-ring (bicyclic) bond motifs is 1. The van der Waals surface area contributed by atoms with Gasteiger partial charge in [0.2, 0.25) is 5.91 Å². The third kappa shape index (κ3) is 4.87. The fourth-order valence-electron chi connectivity index (χ4n) is 2.71. The number of nitrogens with one attached hydrogen (secondary N) is 2. The summed E-state index contributed by atoms with van der Waals surface area (Å²) >= 11 is 7.35. The third-order valence-corrected chi connectivity index (χ3v) is 5.26. The highest BCUT2D eigenvalue weighted by Crippen LogP contribution is 2.24. The summed E-state index contributed by atoms with van der Waals surface area (Å²) in [6.45, 7) is 0. The summed E-state index contributed by atoms with van der Waals surface area (Å²) in [5, 5.41) is 3.63. The first-order valence-electron chi connectivity index (χ1n) is 8.41. The lowest BCUT2D eigenvalue weighted by Crippen LogP contribution is -2.13. The molecule has 4 rings (SSSR count). The average Bonchev–Trinajstić information content (AvgIpc) is 3.12. The number of carbonyl (C=O) groups is 1. The summed E-state index contributed by atoms with van der Waals surface area (Å²) in [4.78, 5) is 21.2. The minimum absolute atomic E-state index is 0. The molecule has 142 valence electrons. The number of H-pyrrole nitrogens is 1. The predicted molar refractivity (Wildman–Crippen MR) is 120 cm³/mol. The third-order valence-electron chi connectivity index (χ3n) is 3.99. The minimum Gasteiger partial charge on any atom is -0.338 e. The summed E-state index contributed by atoms with van der Waals surface area (Å²) in [6.07, 6.45) is 0. The fraction of sp³-hybridized carbons (Fsp3) is 0.0476. The molecule has 0 aliphatic carbocycles. The zero-order valence-corrected chi connectivity index (χ0v) is 17.1. The van der Waals surface area contributed by atoms with E-state index in [-0.39, 0.29) is 18.3 Å². The Bertz CT molecular complexity index is 1060. The Kier molecular flexibility index (Phi) is 6.62. The Morgan fingerprint density at radius 3 is 2.61 bits per heavy atom. The van der Waals surface area contributed by atoms with Gasteiger partial charge in [-0.15, -0.1) is 24.2 Å². The van der Waals surface area contributed by atoms with E-state index < -0.39 is 0 Å². The van der Waals surface area contributed by atoms with Crippen LogP contribution in [0.2, 0.25) is 5.02 Å². The molecule has 1 amide bonds. The van der Waals surface area contributed by atoms with E-state index in [1.54, 1.807) is 0 Å².